The van der Waals surface area contributed by atoms with Gasteiger partial charge in [-0.2, -0.15) is 0 Å². The molecule has 1 aliphatic heterocycles. The molecule has 0 aromatic carbocycles. The lowest BCUT2D eigenvalue weighted by molar-refractivity contribution is 0.220. The number of likely N-dealkylation sites (tertiary alicyclic amines) is 1. The van der Waals surface area contributed by atoms with Crippen molar-refractivity contribution in [2.75, 3.05) is 38.6 Å². The van der Waals surface area contributed by atoms with E-state index < -0.39 is 0 Å². The topological polar surface area (TPSA) is 31.4 Å². The third-order valence-electron chi connectivity index (χ3n) is 4.20. The largest absolute Gasteiger partial charge is 0.357 e. The summed E-state index contributed by atoms with van der Waals surface area (Å²) in [5, 5.41) is 3.88. The van der Waals surface area contributed by atoms with Gasteiger partial charge in [0.15, 0.2) is 0 Å². The molecule has 0 bridgehead atoms. The zero-order chi connectivity index (χ0) is 14.5. The van der Waals surface area contributed by atoms with Crippen molar-refractivity contribution in [2.24, 2.45) is 0 Å². The lowest BCUT2D eigenvalue weighted by Gasteiger charge is -2.37. The molecule has 0 atom stereocenters. The Balaban J connectivity index is 2.05. The van der Waals surface area contributed by atoms with Crippen LogP contribution in [-0.4, -0.2) is 49.7 Å². The van der Waals surface area contributed by atoms with Crippen LogP contribution >= 0.6 is 11.6 Å². The number of pyridine rings is 1. The summed E-state index contributed by atoms with van der Waals surface area (Å²) in [6, 6.07) is 2.68. The number of hydrogen-bond acceptors (Lipinski definition) is 4. The van der Waals surface area contributed by atoms with E-state index in [9.17, 15) is 0 Å². The van der Waals surface area contributed by atoms with Gasteiger partial charge in [0.1, 0.15) is 5.82 Å². The van der Waals surface area contributed by atoms with Crippen LogP contribution in [0.5, 0.6) is 0 Å². The molecule has 1 aromatic heterocycles. The van der Waals surface area contributed by atoms with Gasteiger partial charge in [-0.25, -0.2) is 4.98 Å². The Kier molecular flexibility index (Phi) is 5.64. The molecule has 2 heterocycles. The molecule has 1 N–H and O–H groups in total. The van der Waals surface area contributed by atoms with Gasteiger partial charge in [-0.3, -0.25) is 0 Å². The number of hydrogen-bond donors (Lipinski definition) is 1. The van der Waals surface area contributed by atoms with Crippen LogP contribution in [0.3, 0.4) is 0 Å². The van der Waals surface area contributed by atoms with Crippen LogP contribution in [0.15, 0.2) is 12.3 Å². The maximum atomic E-state index is 6.18. The van der Waals surface area contributed by atoms with E-state index in [2.05, 4.69) is 40.1 Å². The van der Waals surface area contributed by atoms with E-state index >= 15 is 0 Å². The Labute approximate surface area is 127 Å². The molecule has 0 aliphatic carbocycles. The lowest BCUT2D eigenvalue weighted by atomic mass is 10.0. The first kappa shape index (κ1) is 15.5. The minimum absolute atomic E-state index is 0.578. The van der Waals surface area contributed by atoms with Gasteiger partial charge in [-0.05, 0) is 38.1 Å². The second kappa shape index (κ2) is 7.25. The number of piperidine rings is 1. The fourth-order valence-electron chi connectivity index (χ4n) is 2.80. The summed E-state index contributed by atoms with van der Waals surface area (Å²) in [6.45, 7) is 6.53. The van der Waals surface area contributed by atoms with Crippen molar-refractivity contribution in [3.63, 3.8) is 0 Å². The maximum absolute atomic E-state index is 6.18. The zero-order valence-electron chi connectivity index (χ0n) is 12.7. The predicted molar refractivity (Wildman–Crippen MR) is 85.5 cm³/mol. The molecule has 0 unspecified atom stereocenters. The minimum Gasteiger partial charge on any atom is -0.357 e. The van der Waals surface area contributed by atoms with Gasteiger partial charge < -0.3 is 15.1 Å². The van der Waals surface area contributed by atoms with Crippen LogP contribution in [0.1, 0.15) is 25.3 Å². The van der Waals surface area contributed by atoms with E-state index in [4.69, 9.17) is 11.6 Å². The van der Waals surface area contributed by atoms with Crippen LogP contribution in [0.2, 0.25) is 5.02 Å². The minimum atomic E-state index is 0.578. The summed E-state index contributed by atoms with van der Waals surface area (Å²) in [4.78, 5) is 9.30. The highest BCUT2D eigenvalue weighted by atomic mass is 35.5. The first-order chi connectivity index (χ1) is 9.65. The molecular weight excluding hydrogens is 272 g/mol. The molecule has 4 nitrogen and oxygen atoms in total. The van der Waals surface area contributed by atoms with Gasteiger partial charge in [0, 0.05) is 38.9 Å². The van der Waals surface area contributed by atoms with Gasteiger partial charge in [0.25, 0.3) is 0 Å². The van der Waals surface area contributed by atoms with Crippen LogP contribution in [0.4, 0.5) is 5.82 Å². The molecule has 1 fully saturated rings. The van der Waals surface area contributed by atoms with Gasteiger partial charge >= 0.3 is 0 Å². The van der Waals surface area contributed by atoms with Gasteiger partial charge in [0.2, 0.25) is 0 Å². The van der Waals surface area contributed by atoms with Crippen molar-refractivity contribution in [3.8, 4) is 0 Å². The average Bonchev–Trinajstić information content (AvgIpc) is 2.49. The van der Waals surface area contributed by atoms with Crippen molar-refractivity contribution < 1.29 is 0 Å². The molecule has 0 saturated carbocycles. The predicted octanol–water partition coefficient (Wildman–Crippen LogP) is 2.37. The highest BCUT2D eigenvalue weighted by Gasteiger charge is 2.22. The Bertz CT molecular complexity index is 430. The molecular formula is C15H25ClN4. The Morgan fingerprint density at radius 1 is 1.45 bits per heavy atom. The van der Waals surface area contributed by atoms with E-state index in [0.29, 0.717) is 6.04 Å². The van der Waals surface area contributed by atoms with E-state index in [1.165, 1.54) is 25.9 Å². The van der Waals surface area contributed by atoms with Gasteiger partial charge in [0.05, 0.1) is 5.02 Å². The summed E-state index contributed by atoms with van der Waals surface area (Å²) >= 11 is 6.18. The van der Waals surface area contributed by atoms with Gasteiger partial charge in [-0.15, -0.1) is 0 Å². The SMILES string of the molecule is CCN1CCC(N(C)c2cc(CNC)c(Cl)cn2)CC1. The number of nitrogens with one attached hydrogen (secondary N) is 1. The summed E-state index contributed by atoms with van der Waals surface area (Å²) in [5.41, 5.74) is 1.11. The van der Waals surface area contributed by atoms with Crippen molar-refractivity contribution in [1.29, 1.82) is 0 Å². The second-order valence-corrected chi connectivity index (χ2v) is 5.85. The Hall–Kier alpha value is -0.840. The number of aromatic nitrogens is 1. The smallest absolute Gasteiger partial charge is 0.128 e. The molecule has 0 amide bonds. The molecule has 1 aliphatic rings. The number of nitrogens with zero attached hydrogens (tertiary/aromatic N) is 3. The first-order valence-electron chi connectivity index (χ1n) is 7.40. The van der Waals surface area contributed by atoms with E-state index in [-0.39, 0.29) is 0 Å². The molecule has 1 aromatic rings. The monoisotopic (exact) mass is 296 g/mol. The van der Waals surface area contributed by atoms with E-state index in [1.54, 1.807) is 6.20 Å². The highest BCUT2D eigenvalue weighted by molar-refractivity contribution is 6.31. The second-order valence-electron chi connectivity index (χ2n) is 5.44. The van der Waals surface area contributed by atoms with Crippen molar-refractivity contribution in [1.82, 2.24) is 15.2 Å². The summed E-state index contributed by atoms with van der Waals surface area (Å²) in [6.07, 6.45) is 4.17. The van der Waals surface area contributed by atoms with Crippen LogP contribution in [0.25, 0.3) is 0 Å². The summed E-state index contributed by atoms with van der Waals surface area (Å²) in [7, 11) is 4.08. The van der Waals surface area contributed by atoms with E-state index in [0.717, 1.165) is 29.5 Å². The van der Waals surface area contributed by atoms with Crippen molar-refractivity contribution in [3.05, 3.63) is 22.8 Å². The number of rotatable bonds is 5. The lowest BCUT2D eigenvalue weighted by Crippen LogP contribution is -2.43. The molecule has 0 spiro atoms. The Morgan fingerprint density at radius 2 is 2.15 bits per heavy atom. The third-order valence-corrected chi connectivity index (χ3v) is 4.54. The van der Waals surface area contributed by atoms with Crippen LogP contribution < -0.4 is 10.2 Å². The fourth-order valence-corrected chi connectivity index (χ4v) is 2.97. The quantitative estimate of drug-likeness (QED) is 0.904. The van der Waals surface area contributed by atoms with Crippen molar-refractivity contribution in [2.45, 2.75) is 32.4 Å². The van der Waals surface area contributed by atoms with Crippen LogP contribution in [-0.2, 0) is 6.54 Å². The average molecular weight is 297 g/mol. The molecule has 0 radical (unpaired) electrons. The molecule has 5 heteroatoms. The van der Waals surface area contributed by atoms with Crippen molar-refractivity contribution >= 4 is 17.4 Å². The molecule has 112 valence electrons. The standard InChI is InChI=1S/C15H25ClN4/c1-4-20-7-5-13(6-8-20)19(3)15-9-12(10-17-2)14(16)11-18-15/h9,11,13,17H,4-8,10H2,1-3H3. The third kappa shape index (κ3) is 3.62. The molecule has 1 saturated heterocycles. The van der Waals surface area contributed by atoms with E-state index in [1.807, 2.05) is 7.05 Å². The number of anilines is 1. The van der Waals surface area contributed by atoms with Crippen LogP contribution in [0, 0.1) is 0 Å². The number of halogens is 1. The normalized spacial score (nSPS) is 17.4. The highest BCUT2D eigenvalue weighted by Crippen LogP contribution is 2.24. The fraction of sp³-hybridized carbons (Fsp3) is 0.667. The molecule has 2 rings (SSSR count). The molecule has 20 heavy (non-hydrogen) atoms. The maximum Gasteiger partial charge on any atom is 0.128 e. The van der Waals surface area contributed by atoms with Gasteiger partial charge in [-0.1, -0.05) is 18.5 Å². The Morgan fingerprint density at radius 3 is 2.75 bits per heavy atom. The summed E-state index contributed by atoms with van der Waals surface area (Å²) < 4.78 is 0. The first-order valence-corrected chi connectivity index (χ1v) is 7.77. The zero-order valence-corrected chi connectivity index (χ0v) is 13.5. The summed E-state index contributed by atoms with van der Waals surface area (Å²) in [5.74, 6) is 1.02.